The van der Waals surface area contributed by atoms with Crippen molar-refractivity contribution < 1.29 is 9.90 Å². The largest absolute Gasteiger partial charge is 0.392 e. The van der Waals surface area contributed by atoms with Gasteiger partial charge in [-0.3, -0.25) is 4.79 Å². The summed E-state index contributed by atoms with van der Waals surface area (Å²) in [6.45, 7) is 9.13. The Bertz CT molecular complexity index is 593. The van der Waals surface area contributed by atoms with Gasteiger partial charge in [-0.05, 0) is 53.7 Å². The Hall–Kier alpha value is -1.15. The van der Waals surface area contributed by atoms with Gasteiger partial charge in [0.05, 0.1) is 6.10 Å². The Morgan fingerprint density at radius 1 is 1.23 bits per heavy atom. The van der Waals surface area contributed by atoms with Crippen molar-refractivity contribution in [3.8, 4) is 0 Å². The van der Waals surface area contributed by atoms with E-state index in [2.05, 4.69) is 33.8 Å². The first-order valence-corrected chi connectivity index (χ1v) is 8.60. The van der Waals surface area contributed by atoms with Gasteiger partial charge < -0.3 is 5.11 Å². The fourth-order valence-corrected chi connectivity index (χ4v) is 4.74. The van der Waals surface area contributed by atoms with Crippen molar-refractivity contribution >= 4 is 6.29 Å². The van der Waals surface area contributed by atoms with Crippen LogP contribution < -0.4 is 0 Å². The van der Waals surface area contributed by atoms with Crippen LogP contribution in [0.3, 0.4) is 0 Å². The van der Waals surface area contributed by atoms with Crippen molar-refractivity contribution in [3.63, 3.8) is 0 Å². The Morgan fingerprint density at radius 2 is 1.95 bits per heavy atom. The van der Waals surface area contributed by atoms with Crippen LogP contribution in [-0.4, -0.2) is 17.5 Å². The van der Waals surface area contributed by atoms with E-state index >= 15 is 0 Å². The molecule has 1 saturated carbocycles. The molecule has 0 heterocycles. The zero-order valence-electron chi connectivity index (χ0n) is 14.3. The lowest BCUT2D eigenvalue weighted by atomic mass is 9.57. The van der Waals surface area contributed by atoms with Gasteiger partial charge >= 0.3 is 0 Å². The van der Waals surface area contributed by atoms with Crippen LogP contribution in [0, 0.1) is 16.7 Å². The molecule has 0 aromatic heterocycles. The predicted molar refractivity (Wildman–Crippen MR) is 89.4 cm³/mol. The van der Waals surface area contributed by atoms with Crippen molar-refractivity contribution in [2.24, 2.45) is 16.7 Å². The summed E-state index contributed by atoms with van der Waals surface area (Å²) in [4.78, 5) is 11.2. The van der Waals surface area contributed by atoms with E-state index in [1.54, 1.807) is 5.57 Å². The van der Waals surface area contributed by atoms with E-state index in [1.807, 2.05) is 6.08 Å². The first-order valence-electron chi connectivity index (χ1n) is 8.60. The molecule has 0 spiro atoms. The molecule has 1 N–H and O–H groups in total. The third-order valence-corrected chi connectivity index (χ3v) is 6.43. The topological polar surface area (TPSA) is 37.3 Å². The third kappa shape index (κ3) is 2.15. The molecule has 0 aliphatic heterocycles. The normalized spacial score (nSPS) is 38.2. The van der Waals surface area contributed by atoms with E-state index < -0.39 is 6.10 Å². The van der Waals surface area contributed by atoms with Crippen LogP contribution >= 0.6 is 0 Å². The van der Waals surface area contributed by atoms with Crippen molar-refractivity contribution in [1.29, 1.82) is 0 Å². The highest BCUT2D eigenvalue weighted by atomic mass is 16.3. The maximum atomic E-state index is 11.2. The predicted octanol–water partition coefficient (Wildman–Crippen LogP) is 4.36. The van der Waals surface area contributed by atoms with E-state index in [-0.39, 0.29) is 10.8 Å². The maximum absolute atomic E-state index is 11.2. The lowest BCUT2D eigenvalue weighted by molar-refractivity contribution is -0.105. The molecule has 3 rings (SSSR count). The molecule has 0 saturated heterocycles. The van der Waals surface area contributed by atoms with Crippen LogP contribution in [0.15, 0.2) is 34.4 Å². The molecule has 0 aromatic carbocycles. The minimum absolute atomic E-state index is 0.222. The number of aliphatic hydroxyl groups is 1. The van der Waals surface area contributed by atoms with Crippen LogP contribution in [0.4, 0.5) is 0 Å². The first kappa shape index (κ1) is 15.7. The summed E-state index contributed by atoms with van der Waals surface area (Å²) < 4.78 is 0. The van der Waals surface area contributed by atoms with Gasteiger partial charge in [0.2, 0.25) is 0 Å². The number of hydrogen-bond donors (Lipinski definition) is 1. The molecule has 0 bridgehead atoms. The van der Waals surface area contributed by atoms with Gasteiger partial charge in [0, 0.05) is 11.8 Å². The standard InChI is InChI=1S/C20H28O2/c1-13(2)15-7-8-19(3)9-10-20(4)16(18(15)19)6-5-14(12-21)11-17(20)22/h5-6,12-13,17,22H,7-11H2,1-4H3/t17-,19+,20+/m1/s1. The minimum Gasteiger partial charge on any atom is -0.392 e. The third-order valence-electron chi connectivity index (χ3n) is 6.43. The number of carbonyl (C=O) groups is 1. The second-order valence-electron chi connectivity index (χ2n) is 8.19. The Kier molecular flexibility index (Phi) is 3.71. The van der Waals surface area contributed by atoms with Gasteiger partial charge in [-0.2, -0.15) is 0 Å². The molecule has 2 heteroatoms. The maximum Gasteiger partial charge on any atom is 0.146 e. The Labute approximate surface area is 134 Å². The first-order chi connectivity index (χ1) is 10.3. The summed E-state index contributed by atoms with van der Waals surface area (Å²) in [7, 11) is 0. The smallest absolute Gasteiger partial charge is 0.146 e. The van der Waals surface area contributed by atoms with E-state index in [1.165, 1.54) is 24.0 Å². The molecule has 3 aliphatic carbocycles. The summed E-state index contributed by atoms with van der Waals surface area (Å²) in [6, 6.07) is 0. The van der Waals surface area contributed by atoms with Crippen molar-refractivity contribution in [3.05, 3.63) is 34.4 Å². The van der Waals surface area contributed by atoms with Crippen LogP contribution in [0.25, 0.3) is 0 Å². The van der Waals surface area contributed by atoms with Gasteiger partial charge in [-0.15, -0.1) is 0 Å². The van der Waals surface area contributed by atoms with Gasteiger partial charge in [0.15, 0.2) is 0 Å². The van der Waals surface area contributed by atoms with Gasteiger partial charge in [0.1, 0.15) is 6.29 Å². The highest BCUT2D eigenvalue weighted by Gasteiger charge is 2.51. The quantitative estimate of drug-likeness (QED) is 0.770. The molecule has 0 amide bonds. The van der Waals surface area contributed by atoms with Crippen LogP contribution in [0.2, 0.25) is 0 Å². The molecule has 0 unspecified atom stereocenters. The van der Waals surface area contributed by atoms with Crippen LogP contribution in [0.1, 0.15) is 59.8 Å². The van der Waals surface area contributed by atoms with E-state index in [0.717, 1.165) is 19.1 Å². The van der Waals surface area contributed by atoms with Crippen molar-refractivity contribution in [2.75, 3.05) is 0 Å². The van der Waals surface area contributed by atoms with E-state index in [9.17, 15) is 9.90 Å². The lowest BCUT2D eigenvalue weighted by Crippen LogP contribution is -2.41. The van der Waals surface area contributed by atoms with E-state index in [0.29, 0.717) is 17.9 Å². The van der Waals surface area contributed by atoms with Crippen LogP contribution in [0.5, 0.6) is 0 Å². The highest BCUT2D eigenvalue weighted by Crippen LogP contribution is 2.61. The zero-order valence-corrected chi connectivity index (χ0v) is 14.3. The molecular weight excluding hydrogens is 272 g/mol. The van der Waals surface area contributed by atoms with Gasteiger partial charge in [0.25, 0.3) is 0 Å². The fourth-order valence-electron chi connectivity index (χ4n) is 4.74. The number of allylic oxidation sites excluding steroid dienone is 4. The van der Waals surface area contributed by atoms with Crippen LogP contribution in [-0.2, 0) is 4.79 Å². The number of carbonyl (C=O) groups excluding carboxylic acids is 1. The van der Waals surface area contributed by atoms with E-state index in [4.69, 9.17) is 0 Å². The van der Waals surface area contributed by atoms with Gasteiger partial charge in [-0.25, -0.2) is 0 Å². The lowest BCUT2D eigenvalue weighted by Gasteiger charge is -2.48. The SMILES string of the molecule is CC(C)C1=C2C3=CC=C(C=O)C[C@@H](O)[C@@]3(C)CC[C@]2(C)CC1. The fraction of sp³-hybridized carbons (Fsp3) is 0.650. The second kappa shape index (κ2) is 5.19. The number of hydrogen-bond acceptors (Lipinski definition) is 2. The molecule has 120 valence electrons. The summed E-state index contributed by atoms with van der Waals surface area (Å²) in [5.41, 5.74) is 5.10. The average molecular weight is 300 g/mol. The summed E-state index contributed by atoms with van der Waals surface area (Å²) in [5, 5.41) is 10.8. The minimum atomic E-state index is -0.469. The second-order valence-corrected chi connectivity index (χ2v) is 8.19. The zero-order chi connectivity index (χ0) is 16.1. The summed E-state index contributed by atoms with van der Waals surface area (Å²) >= 11 is 0. The molecule has 1 fully saturated rings. The Morgan fingerprint density at radius 3 is 2.59 bits per heavy atom. The van der Waals surface area contributed by atoms with Crippen molar-refractivity contribution in [1.82, 2.24) is 0 Å². The number of aldehydes is 1. The monoisotopic (exact) mass is 300 g/mol. The molecule has 2 nitrogen and oxygen atoms in total. The van der Waals surface area contributed by atoms with Crippen molar-refractivity contribution in [2.45, 2.75) is 65.9 Å². The van der Waals surface area contributed by atoms with Gasteiger partial charge in [-0.1, -0.05) is 45.4 Å². The Balaban J connectivity index is 2.19. The molecule has 0 radical (unpaired) electrons. The summed E-state index contributed by atoms with van der Waals surface area (Å²) in [5.74, 6) is 0.551. The average Bonchev–Trinajstić information content (AvgIpc) is 2.76. The molecule has 3 aliphatic rings. The number of rotatable bonds is 2. The molecule has 22 heavy (non-hydrogen) atoms. The molecule has 0 aromatic rings. The molecule has 3 atom stereocenters. The summed E-state index contributed by atoms with van der Waals surface area (Å²) in [6.07, 6.45) is 9.52. The molecular formula is C20H28O2. The number of aliphatic hydroxyl groups excluding tert-OH is 1. The highest BCUT2D eigenvalue weighted by molar-refractivity contribution is 5.74. The number of fused-ring (bicyclic) bond motifs is 3.